The molecule has 0 bridgehead atoms. The number of pyridine rings is 1. The summed E-state index contributed by atoms with van der Waals surface area (Å²) >= 11 is 0. The molecule has 7 nitrogen and oxygen atoms in total. The van der Waals surface area contributed by atoms with Gasteiger partial charge in [-0.1, -0.05) is 6.07 Å². The van der Waals surface area contributed by atoms with Gasteiger partial charge in [0.1, 0.15) is 28.4 Å². The SMILES string of the molecule is CC(C)(C)Oc1cccc(NC(=O)c2cc3ccc(=O)n(-c4ccc(OC(F)(F)F)cc4)c3[nH]2)c1. The van der Waals surface area contributed by atoms with Crippen LogP contribution >= 0.6 is 0 Å². The maximum Gasteiger partial charge on any atom is 0.573 e. The second-order valence-electron chi connectivity index (χ2n) is 8.73. The van der Waals surface area contributed by atoms with Crippen LogP contribution in [0.4, 0.5) is 18.9 Å². The van der Waals surface area contributed by atoms with Crippen LogP contribution in [0, 0.1) is 0 Å². The zero-order valence-electron chi connectivity index (χ0n) is 19.1. The summed E-state index contributed by atoms with van der Waals surface area (Å²) in [7, 11) is 0. The Bertz CT molecular complexity index is 1430. The van der Waals surface area contributed by atoms with Crippen molar-refractivity contribution in [3.63, 3.8) is 0 Å². The summed E-state index contributed by atoms with van der Waals surface area (Å²) in [6, 6.07) is 16.3. The maximum atomic E-state index is 12.9. The van der Waals surface area contributed by atoms with Gasteiger partial charge >= 0.3 is 6.36 Å². The van der Waals surface area contributed by atoms with Gasteiger partial charge in [-0.25, -0.2) is 0 Å². The molecule has 0 unspecified atom stereocenters. The number of H-pyrrole nitrogens is 1. The lowest BCUT2D eigenvalue weighted by molar-refractivity contribution is -0.274. The predicted octanol–water partition coefficient (Wildman–Crippen LogP) is 5.65. The highest BCUT2D eigenvalue weighted by Gasteiger charge is 2.31. The number of hydrogen-bond donors (Lipinski definition) is 2. The van der Waals surface area contributed by atoms with Crippen molar-refractivity contribution in [3.8, 4) is 17.2 Å². The van der Waals surface area contributed by atoms with E-state index in [0.29, 0.717) is 28.2 Å². The van der Waals surface area contributed by atoms with Crippen LogP contribution in [-0.4, -0.2) is 27.4 Å². The van der Waals surface area contributed by atoms with E-state index in [4.69, 9.17) is 4.74 Å². The summed E-state index contributed by atoms with van der Waals surface area (Å²) in [4.78, 5) is 28.4. The smallest absolute Gasteiger partial charge is 0.488 e. The van der Waals surface area contributed by atoms with Gasteiger partial charge in [0, 0.05) is 23.2 Å². The zero-order chi connectivity index (χ0) is 25.4. The van der Waals surface area contributed by atoms with Gasteiger partial charge in [0.2, 0.25) is 0 Å². The number of aromatic amines is 1. The highest BCUT2D eigenvalue weighted by molar-refractivity contribution is 6.05. The second kappa shape index (κ2) is 8.86. The number of anilines is 1. The van der Waals surface area contributed by atoms with Crippen molar-refractivity contribution in [2.45, 2.75) is 32.7 Å². The number of nitrogens with one attached hydrogen (secondary N) is 2. The lowest BCUT2D eigenvalue weighted by Gasteiger charge is -2.21. The summed E-state index contributed by atoms with van der Waals surface area (Å²) < 4.78 is 48.3. The third kappa shape index (κ3) is 5.84. The first kappa shape index (κ1) is 23.9. The maximum absolute atomic E-state index is 12.9. The van der Waals surface area contributed by atoms with Crippen molar-refractivity contribution in [2.24, 2.45) is 0 Å². The molecule has 1 amide bonds. The molecule has 2 N–H and O–H groups in total. The summed E-state index contributed by atoms with van der Waals surface area (Å²) in [6.45, 7) is 5.75. The number of halogens is 3. The Kier molecular flexibility index (Phi) is 6.06. The molecule has 0 spiro atoms. The fourth-order valence-electron chi connectivity index (χ4n) is 3.48. The van der Waals surface area contributed by atoms with Crippen molar-refractivity contribution in [1.82, 2.24) is 9.55 Å². The number of rotatable bonds is 5. The minimum absolute atomic E-state index is 0.193. The monoisotopic (exact) mass is 485 g/mol. The third-order valence-electron chi connectivity index (χ3n) is 4.76. The lowest BCUT2D eigenvalue weighted by atomic mass is 10.2. The van der Waals surface area contributed by atoms with Gasteiger partial charge in [-0.3, -0.25) is 14.2 Å². The van der Waals surface area contributed by atoms with Gasteiger partial charge in [-0.05, 0) is 69.3 Å². The fourth-order valence-corrected chi connectivity index (χ4v) is 3.48. The number of ether oxygens (including phenoxy) is 2. The number of benzene rings is 2. The molecule has 0 fully saturated rings. The first-order chi connectivity index (χ1) is 16.4. The van der Waals surface area contributed by atoms with E-state index >= 15 is 0 Å². The first-order valence-corrected chi connectivity index (χ1v) is 10.6. The number of amides is 1. The van der Waals surface area contributed by atoms with Crippen LogP contribution in [0.2, 0.25) is 0 Å². The zero-order valence-corrected chi connectivity index (χ0v) is 19.1. The third-order valence-corrected chi connectivity index (χ3v) is 4.76. The number of alkyl halides is 3. The normalized spacial score (nSPS) is 11.9. The van der Waals surface area contributed by atoms with E-state index in [1.54, 1.807) is 36.4 Å². The quantitative estimate of drug-likeness (QED) is 0.383. The summed E-state index contributed by atoms with van der Waals surface area (Å²) in [5.41, 5.74) is 0.503. The van der Waals surface area contributed by atoms with Crippen LogP contribution in [0.3, 0.4) is 0 Å². The molecule has 35 heavy (non-hydrogen) atoms. The number of hydrogen-bond acceptors (Lipinski definition) is 4. The van der Waals surface area contributed by atoms with Crippen LogP contribution in [-0.2, 0) is 0 Å². The standard InChI is InChI=1S/C25H22F3N3O4/c1-24(2,3)34-19-6-4-5-16(14-19)29-23(33)20-13-15-7-12-21(32)31(22(15)30-20)17-8-10-18(11-9-17)35-25(26,27)28/h4-14,30H,1-3H3,(H,29,33). The van der Waals surface area contributed by atoms with Gasteiger partial charge in [-0.15, -0.1) is 13.2 Å². The van der Waals surface area contributed by atoms with E-state index in [9.17, 15) is 22.8 Å². The van der Waals surface area contributed by atoms with E-state index in [2.05, 4.69) is 15.0 Å². The summed E-state index contributed by atoms with van der Waals surface area (Å²) in [6.07, 6.45) is -4.82. The van der Waals surface area contributed by atoms with Crippen LogP contribution in [0.5, 0.6) is 11.5 Å². The van der Waals surface area contributed by atoms with Gasteiger partial charge in [0.25, 0.3) is 11.5 Å². The number of fused-ring (bicyclic) bond motifs is 1. The minimum Gasteiger partial charge on any atom is -0.488 e. The molecule has 10 heteroatoms. The Morgan fingerprint density at radius 2 is 1.63 bits per heavy atom. The lowest BCUT2D eigenvalue weighted by Crippen LogP contribution is -2.23. The van der Waals surface area contributed by atoms with Crippen molar-refractivity contribution in [3.05, 3.63) is 82.8 Å². The topological polar surface area (TPSA) is 85.3 Å². The van der Waals surface area contributed by atoms with E-state index in [-0.39, 0.29) is 5.69 Å². The number of nitrogens with zero attached hydrogens (tertiary/aromatic N) is 1. The van der Waals surface area contributed by atoms with Gasteiger partial charge in [-0.2, -0.15) is 0 Å². The summed E-state index contributed by atoms with van der Waals surface area (Å²) in [5.74, 6) is -0.258. The molecule has 182 valence electrons. The predicted molar refractivity (Wildman–Crippen MR) is 125 cm³/mol. The molecule has 0 saturated heterocycles. The minimum atomic E-state index is -4.82. The molecule has 0 aliphatic heterocycles. The molecular formula is C25H22F3N3O4. The van der Waals surface area contributed by atoms with Crippen molar-refractivity contribution in [1.29, 1.82) is 0 Å². The van der Waals surface area contributed by atoms with Gasteiger partial charge in [0.05, 0.1) is 5.69 Å². The Hall–Kier alpha value is -4.21. The highest BCUT2D eigenvalue weighted by atomic mass is 19.4. The van der Waals surface area contributed by atoms with E-state index in [1.165, 1.54) is 22.8 Å². The van der Waals surface area contributed by atoms with E-state index in [0.717, 1.165) is 12.1 Å². The Labute approximate surface area is 198 Å². The molecular weight excluding hydrogens is 463 g/mol. The average molecular weight is 485 g/mol. The van der Waals surface area contributed by atoms with Crippen LogP contribution in [0.25, 0.3) is 16.7 Å². The van der Waals surface area contributed by atoms with Crippen LogP contribution in [0.1, 0.15) is 31.3 Å². The number of carbonyl (C=O) groups excluding carboxylic acids is 1. The van der Waals surface area contributed by atoms with Gasteiger partial charge < -0.3 is 19.8 Å². The molecule has 2 aromatic heterocycles. The molecule has 4 rings (SSSR count). The van der Waals surface area contributed by atoms with E-state index < -0.39 is 29.2 Å². The molecule has 0 radical (unpaired) electrons. The Morgan fingerprint density at radius 3 is 2.29 bits per heavy atom. The summed E-state index contributed by atoms with van der Waals surface area (Å²) in [5, 5.41) is 3.35. The number of aromatic nitrogens is 2. The van der Waals surface area contributed by atoms with Crippen molar-refractivity contribution >= 4 is 22.6 Å². The van der Waals surface area contributed by atoms with Crippen LogP contribution in [0.15, 0.2) is 71.5 Å². The van der Waals surface area contributed by atoms with Crippen molar-refractivity contribution in [2.75, 3.05) is 5.32 Å². The number of carbonyl (C=O) groups is 1. The molecule has 0 aliphatic rings. The Balaban J connectivity index is 1.62. The Morgan fingerprint density at radius 1 is 0.914 bits per heavy atom. The van der Waals surface area contributed by atoms with E-state index in [1.807, 2.05) is 20.8 Å². The highest BCUT2D eigenvalue weighted by Crippen LogP contribution is 2.26. The molecule has 4 aromatic rings. The molecule has 2 aromatic carbocycles. The molecule has 2 heterocycles. The molecule has 0 aliphatic carbocycles. The molecule has 0 saturated carbocycles. The van der Waals surface area contributed by atoms with Gasteiger partial charge in [0.15, 0.2) is 0 Å². The fraction of sp³-hybridized carbons (Fsp3) is 0.200. The largest absolute Gasteiger partial charge is 0.573 e. The van der Waals surface area contributed by atoms with Crippen LogP contribution < -0.4 is 20.3 Å². The van der Waals surface area contributed by atoms with Crippen molar-refractivity contribution < 1.29 is 27.4 Å². The molecule has 0 atom stereocenters. The second-order valence-corrected chi connectivity index (χ2v) is 8.73. The average Bonchev–Trinajstić information content (AvgIpc) is 3.17. The first-order valence-electron chi connectivity index (χ1n) is 10.6.